The molecule has 1 aliphatic rings. The van der Waals surface area contributed by atoms with E-state index in [2.05, 4.69) is 20.6 Å². The molecule has 0 aliphatic carbocycles. The molecule has 0 atom stereocenters. The standard InChI is InChI=1S/C24H20N4O3S/c1-14-6-7-15(22-25-17-4-2-3-5-18(17)26-22)12-19(14)27-24(32)28-23(29)16-8-9-20-21(13-16)31-11-10-30-20/h2-9,12-13H,10-11H2,1H3,(H,25,26)(H2,27,28,29,32). The number of imidazole rings is 1. The summed E-state index contributed by atoms with van der Waals surface area (Å²) in [6.45, 7) is 2.92. The molecule has 0 saturated heterocycles. The van der Waals surface area contributed by atoms with E-state index in [-0.39, 0.29) is 11.0 Å². The minimum absolute atomic E-state index is 0.203. The summed E-state index contributed by atoms with van der Waals surface area (Å²) in [7, 11) is 0. The number of ether oxygens (including phenoxy) is 2. The molecule has 0 unspecified atom stereocenters. The molecule has 0 bridgehead atoms. The summed E-state index contributed by atoms with van der Waals surface area (Å²) in [6, 6.07) is 18.9. The van der Waals surface area contributed by atoms with Gasteiger partial charge in [-0.15, -0.1) is 0 Å². The lowest BCUT2D eigenvalue weighted by Crippen LogP contribution is -2.34. The zero-order valence-electron chi connectivity index (χ0n) is 17.3. The molecule has 160 valence electrons. The Labute approximate surface area is 189 Å². The molecule has 2 heterocycles. The lowest BCUT2D eigenvalue weighted by Gasteiger charge is -2.19. The van der Waals surface area contributed by atoms with Crippen LogP contribution in [0.2, 0.25) is 0 Å². The largest absolute Gasteiger partial charge is 0.486 e. The summed E-state index contributed by atoms with van der Waals surface area (Å²) in [5.74, 6) is 1.62. The average Bonchev–Trinajstić information content (AvgIpc) is 3.24. The molecular weight excluding hydrogens is 424 g/mol. The summed E-state index contributed by atoms with van der Waals surface area (Å²) in [5.41, 5.74) is 5.00. The van der Waals surface area contributed by atoms with Crippen molar-refractivity contribution >= 4 is 40.0 Å². The number of aryl methyl sites for hydroxylation is 1. The molecule has 1 aliphatic heterocycles. The molecule has 3 aromatic carbocycles. The number of fused-ring (bicyclic) bond motifs is 2. The predicted octanol–water partition coefficient (Wildman–Crippen LogP) is 4.44. The van der Waals surface area contributed by atoms with Gasteiger partial charge in [0.15, 0.2) is 16.6 Å². The van der Waals surface area contributed by atoms with E-state index in [1.54, 1.807) is 18.2 Å². The number of benzene rings is 3. The van der Waals surface area contributed by atoms with Gasteiger partial charge in [-0.05, 0) is 61.1 Å². The third-order valence-corrected chi connectivity index (χ3v) is 5.38. The summed E-state index contributed by atoms with van der Waals surface area (Å²) >= 11 is 5.38. The molecule has 5 rings (SSSR count). The van der Waals surface area contributed by atoms with E-state index < -0.39 is 0 Å². The van der Waals surface area contributed by atoms with Gasteiger partial charge in [-0.25, -0.2) is 4.98 Å². The number of thiocarbonyl (C=S) groups is 1. The van der Waals surface area contributed by atoms with Crippen molar-refractivity contribution in [3.8, 4) is 22.9 Å². The van der Waals surface area contributed by atoms with Crippen molar-refractivity contribution in [2.24, 2.45) is 0 Å². The smallest absolute Gasteiger partial charge is 0.257 e. The molecule has 1 aromatic heterocycles. The van der Waals surface area contributed by atoms with Crippen LogP contribution in [0.25, 0.3) is 22.4 Å². The Morgan fingerprint density at radius 1 is 1.03 bits per heavy atom. The molecule has 1 amide bonds. The molecule has 0 radical (unpaired) electrons. The van der Waals surface area contributed by atoms with Gasteiger partial charge in [-0.1, -0.05) is 24.3 Å². The van der Waals surface area contributed by atoms with E-state index in [0.29, 0.717) is 30.3 Å². The number of rotatable bonds is 3. The fourth-order valence-electron chi connectivity index (χ4n) is 3.51. The highest BCUT2D eigenvalue weighted by Gasteiger charge is 2.16. The number of hydrogen-bond donors (Lipinski definition) is 3. The maximum Gasteiger partial charge on any atom is 0.257 e. The second kappa shape index (κ2) is 8.32. The van der Waals surface area contributed by atoms with E-state index >= 15 is 0 Å². The lowest BCUT2D eigenvalue weighted by molar-refractivity contribution is 0.0976. The highest BCUT2D eigenvalue weighted by molar-refractivity contribution is 7.80. The second-order valence-electron chi connectivity index (χ2n) is 7.40. The maximum atomic E-state index is 12.7. The van der Waals surface area contributed by atoms with Gasteiger partial charge in [-0.3, -0.25) is 10.1 Å². The van der Waals surface area contributed by atoms with Crippen LogP contribution in [0.3, 0.4) is 0 Å². The van der Waals surface area contributed by atoms with Crippen LogP contribution in [0, 0.1) is 6.92 Å². The summed E-state index contributed by atoms with van der Waals surface area (Å²) < 4.78 is 11.0. The molecule has 7 nitrogen and oxygen atoms in total. The van der Waals surface area contributed by atoms with Crippen molar-refractivity contribution in [3.63, 3.8) is 0 Å². The molecular formula is C24H20N4O3S. The molecule has 3 N–H and O–H groups in total. The zero-order valence-corrected chi connectivity index (χ0v) is 18.1. The van der Waals surface area contributed by atoms with Gasteiger partial charge < -0.3 is 19.8 Å². The Balaban J connectivity index is 1.32. The monoisotopic (exact) mass is 444 g/mol. The van der Waals surface area contributed by atoms with Gasteiger partial charge in [0.1, 0.15) is 19.0 Å². The van der Waals surface area contributed by atoms with Crippen LogP contribution in [0.5, 0.6) is 11.5 Å². The average molecular weight is 445 g/mol. The first kappa shape index (κ1) is 20.0. The molecule has 4 aromatic rings. The van der Waals surface area contributed by atoms with E-state index in [9.17, 15) is 4.79 Å². The molecule has 0 saturated carbocycles. The number of aromatic amines is 1. The van der Waals surface area contributed by atoms with Gasteiger partial charge in [0.05, 0.1) is 11.0 Å². The van der Waals surface area contributed by atoms with E-state index in [1.165, 1.54) is 0 Å². The van der Waals surface area contributed by atoms with Gasteiger partial charge >= 0.3 is 0 Å². The Bertz CT molecular complexity index is 1320. The maximum absolute atomic E-state index is 12.7. The number of nitrogens with one attached hydrogen (secondary N) is 3. The number of anilines is 1. The van der Waals surface area contributed by atoms with Crippen molar-refractivity contribution in [2.75, 3.05) is 18.5 Å². The number of para-hydroxylation sites is 2. The van der Waals surface area contributed by atoms with Crippen LogP contribution in [-0.2, 0) is 0 Å². The first-order valence-corrected chi connectivity index (χ1v) is 10.6. The number of carbonyl (C=O) groups excluding carboxylic acids is 1. The number of carbonyl (C=O) groups is 1. The summed E-state index contributed by atoms with van der Waals surface area (Å²) in [6.07, 6.45) is 0. The first-order valence-electron chi connectivity index (χ1n) is 10.1. The fourth-order valence-corrected chi connectivity index (χ4v) is 3.71. The van der Waals surface area contributed by atoms with E-state index in [1.807, 2.05) is 49.4 Å². The number of amides is 1. The fraction of sp³-hybridized carbons (Fsp3) is 0.125. The molecule has 8 heteroatoms. The first-order chi connectivity index (χ1) is 15.6. The highest BCUT2D eigenvalue weighted by Crippen LogP contribution is 2.31. The van der Waals surface area contributed by atoms with Crippen LogP contribution in [0.15, 0.2) is 60.7 Å². The van der Waals surface area contributed by atoms with Crippen molar-refractivity contribution in [3.05, 3.63) is 71.8 Å². The third-order valence-electron chi connectivity index (χ3n) is 5.18. The number of H-pyrrole nitrogens is 1. The third kappa shape index (κ3) is 4.00. The van der Waals surface area contributed by atoms with Gasteiger partial charge in [0.2, 0.25) is 0 Å². The van der Waals surface area contributed by atoms with Crippen LogP contribution in [0.1, 0.15) is 15.9 Å². The summed E-state index contributed by atoms with van der Waals surface area (Å²) in [5, 5.41) is 6.04. The number of hydrogen-bond acceptors (Lipinski definition) is 5. The van der Waals surface area contributed by atoms with Crippen LogP contribution < -0.4 is 20.1 Å². The SMILES string of the molecule is Cc1ccc(-c2nc3ccccc3[nH]2)cc1NC(=S)NC(=O)c1ccc2c(c1)OCCO2. The predicted molar refractivity (Wildman–Crippen MR) is 127 cm³/mol. The summed E-state index contributed by atoms with van der Waals surface area (Å²) in [4.78, 5) is 20.6. The van der Waals surface area contributed by atoms with Gasteiger partial charge in [-0.2, -0.15) is 0 Å². The van der Waals surface area contributed by atoms with Crippen molar-refractivity contribution in [1.82, 2.24) is 15.3 Å². The Kier molecular flexibility index (Phi) is 5.20. The van der Waals surface area contributed by atoms with Crippen molar-refractivity contribution < 1.29 is 14.3 Å². The molecule has 0 fully saturated rings. The quantitative estimate of drug-likeness (QED) is 0.405. The lowest BCUT2D eigenvalue weighted by atomic mass is 10.1. The normalized spacial score (nSPS) is 12.4. The minimum atomic E-state index is -0.328. The van der Waals surface area contributed by atoms with Crippen LogP contribution >= 0.6 is 12.2 Å². The molecule has 0 spiro atoms. The van der Waals surface area contributed by atoms with Gasteiger partial charge in [0, 0.05) is 16.8 Å². The Morgan fingerprint density at radius 3 is 2.69 bits per heavy atom. The minimum Gasteiger partial charge on any atom is -0.486 e. The van der Waals surface area contributed by atoms with Crippen molar-refractivity contribution in [1.29, 1.82) is 0 Å². The second-order valence-corrected chi connectivity index (χ2v) is 7.81. The van der Waals surface area contributed by atoms with E-state index in [4.69, 9.17) is 21.7 Å². The topological polar surface area (TPSA) is 88.3 Å². The van der Waals surface area contributed by atoms with Crippen LogP contribution in [0.4, 0.5) is 5.69 Å². The van der Waals surface area contributed by atoms with Crippen LogP contribution in [-0.4, -0.2) is 34.2 Å². The zero-order chi connectivity index (χ0) is 22.1. The number of nitrogens with zero attached hydrogens (tertiary/aromatic N) is 1. The number of aromatic nitrogens is 2. The van der Waals surface area contributed by atoms with Gasteiger partial charge in [0.25, 0.3) is 5.91 Å². The Morgan fingerprint density at radius 2 is 1.84 bits per heavy atom. The highest BCUT2D eigenvalue weighted by atomic mass is 32.1. The van der Waals surface area contributed by atoms with E-state index in [0.717, 1.165) is 33.7 Å². The molecule has 32 heavy (non-hydrogen) atoms. The Hall–Kier alpha value is -3.91. The van der Waals surface area contributed by atoms with Crippen molar-refractivity contribution in [2.45, 2.75) is 6.92 Å².